The second-order valence-electron chi connectivity index (χ2n) is 4.24. The van der Waals surface area contributed by atoms with Crippen molar-refractivity contribution in [2.75, 3.05) is 5.73 Å². The summed E-state index contributed by atoms with van der Waals surface area (Å²) in [5.41, 5.74) is 6.54. The number of benzene rings is 1. The van der Waals surface area contributed by atoms with Crippen LogP contribution in [0.1, 0.15) is 19.4 Å². The number of rotatable bonds is 3. The van der Waals surface area contributed by atoms with Gasteiger partial charge < -0.3 is 11.1 Å². The number of terminal acetylenes is 1. The van der Waals surface area contributed by atoms with Crippen LogP contribution in [0.4, 0.5) is 5.69 Å². The molecule has 0 unspecified atom stereocenters. The van der Waals surface area contributed by atoms with Crippen molar-refractivity contribution in [2.24, 2.45) is 0 Å². The number of anilines is 1. The minimum atomic E-state index is -0.614. The molecule has 0 aliphatic rings. The molecule has 0 saturated carbocycles. The summed E-state index contributed by atoms with van der Waals surface area (Å²) in [6.07, 6.45) is 5.58. The Bertz CT molecular complexity index is 430. The van der Waals surface area contributed by atoms with E-state index >= 15 is 0 Å². The molecular formula is C13H16N2O. The highest BCUT2D eigenvalue weighted by atomic mass is 16.1. The van der Waals surface area contributed by atoms with Crippen LogP contribution in [0.2, 0.25) is 0 Å². The molecule has 1 amide bonds. The van der Waals surface area contributed by atoms with Crippen LogP contribution < -0.4 is 11.1 Å². The number of hydrogen-bond acceptors (Lipinski definition) is 2. The summed E-state index contributed by atoms with van der Waals surface area (Å²) < 4.78 is 0. The van der Waals surface area contributed by atoms with Gasteiger partial charge in [-0.15, -0.1) is 6.42 Å². The van der Waals surface area contributed by atoms with Crippen LogP contribution in [0.25, 0.3) is 0 Å². The van der Waals surface area contributed by atoms with Gasteiger partial charge in [-0.05, 0) is 31.5 Å². The Morgan fingerprint density at radius 3 is 2.81 bits per heavy atom. The molecule has 3 nitrogen and oxygen atoms in total. The summed E-state index contributed by atoms with van der Waals surface area (Å²) in [5.74, 6) is 2.41. The van der Waals surface area contributed by atoms with E-state index in [0.29, 0.717) is 5.69 Å². The lowest BCUT2D eigenvalue weighted by Crippen LogP contribution is -2.42. The Morgan fingerprint density at radius 1 is 1.56 bits per heavy atom. The van der Waals surface area contributed by atoms with E-state index in [1.165, 1.54) is 0 Å². The van der Waals surface area contributed by atoms with Gasteiger partial charge in [-0.25, -0.2) is 0 Å². The van der Waals surface area contributed by atoms with Crippen LogP contribution in [0.15, 0.2) is 24.3 Å². The lowest BCUT2D eigenvalue weighted by molar-refractivity contribution is -0.121. The second kappa shape index (κ2) is 4.71. The zero-order chi connectivity index (χ0) is 12.2. The molecule has 84 valence electrons. The molecule has 3 N–H and O–H groups in total. The predicted octanol–water partition coefficient (Wildman–Crippen LogP) is 1.34. The van der Waals surface area contributed by atoms with Crippen molar-refractivity contribution in [1.29, 1.82) is 0 Å². The first-order chi connectivity index (χ1) is 7.43. The average molecular weight is 216 g/mol. The first-order valence-electron chi connectivity index (χ1n) is 5.06. The van der Waals surface area contributed by atoms with Crippen LogP contribution in [-0.2, 0) is 11.2 Å². The highest BCUT2D eigenvalue weighted by molar-refractivity contribution is 5.80. The topological polar surface area (TPSA) is 55.1 Å². The molecule has 0 aromatic heterocycles. The monoisotopic (exact) mass is 216 g/mol. The lowest BCUT2D eigenvalue weighted by Gasteiger charge is -2.19. The number of nitrogen functional groups attached to an aromatic ring is 1. The summed E-state index contributed by atoms with van der Waals surface area (Å²) >= 11 is 0. The first-order valence-corrected chi connectivity index (χ1v) is 5.06. The Morgan fingerprint density at radius 2 is 2.25 bits per heavy atom. The third-order valence-electron chi connectivity index (χ3n) is 2.13. The highest BCUT2D eigenvalue weighted by Gasteiger charge is 2.16. The van der Waals surface area contributed by atoms with Gasteiger partial charge in [0.15, 0.2) is 0 Å². The number of hydrogen-bond donors (Lipinski definition) is 2. The Labute approximate surface area is 96.0 Å². The zero-order valence-corrected chi connectivity index (χ0v) is 9.58. The maximum absolute atomic E-state index is 11.7. The molecule has 0 fully saturated rings. The smallest absolute Gasteiger partial charge is 0.225 e. The number of carbonyl (C=O) groups excluding carboxylic acids is 1. The van der Waals surface area contributed by atoms with E-state index in [1.54, 1.807) is 26.0 Å². The third-order valence-corrected chi connectivity index (χ3v) is 2.13. The molecule has 0 spiro atoms. The van der Waals surface area contributed by atoms with Crippen LogP contribution in [0.3, 0.4) is 0 Å². The van der Waals surface area contributed by atoms with Crippen LogP contribution >= 0.6 is 0 Å². The summed E-state index contributed by atoms with van der Waals surface area (Å²) in [5, 5.41) is 2.76. The molecule has 1 aromatic rings. The van der Waals surface area contributed by atoms with Crippen molar-refractivity contribution >= 4 is 11.6 Å². The van der Waals surface area contributed by atoms with Gasteiger partial charge in [-0.2, -0.15) is 0 Å². The molecule has 0 atom stereocenters. The van der Waals surface area contributed by atoms with Crippen molar-refractivity contribution in [3.05, 3.63) is 29.8 Å². The minimum Gasteiger partial charge on any atom is -0.399 e. The van der Waals surface area contributed by atoms with Crippen LogP contribution in [-0.4, -0.2) is 11.4 Å². The van der Waals surface area contributed by atoms with Gasteiger partial charge in [-0.1, -0.05) is 18.1 Å². The maximum Gasteiger partial charge on any atom is 0.225 e. The van der Waals surface area contributed by atoms with E-state index in [-0.39, 0.29) is 12.3 Å². The Kier molecular flexibility index (Phi) is 3.57. The quantitative estimate of drug-likeness (QED) is 0.591. The van der Waals surface area contributed by atoms with Crippen molar-refractivity contribution in [3.8, 4) is 12.3 Å². The molecule has 16 heavy (non-hydrogen) atoms. The largest absolute Gasteiger partial charge is 0.399 e. The highest BCUT2D eigenvalue weighted by Crippen LogP contribution is 2.08. The standard InChI is InChI=1S/C13H16N2O/c1-4-13(2,3)15-12(16)9-10-6-5-7-11(14)8-10/h1,5-8H,9,14H2,2-3H3,(H,15,16). The lowest BCUT2D eigenvalue weighted by atomic mass is 10.1. The van der Waals surface area contributed by atoms with Crippen LogP contribution in [0, 0.1) is 12.3 Å². The van der Waals surface area contributed by atoms with E-state index in [4.69, 9.17) is 12.2 Å². The molecule has 0 radical (unpaired) electrons. The second-order valence-corrected chi connectivity index (χ2v) is 4.24. The summed E-state index contributed by atoms with van der Waals surface area (Å²) in [7, 11) is 0. The number of carbonyl (C=O) groups is 1. The molecule has 0 aliphatic heterocycles. The number of nitrogens with one attached hydrogen (secondary N) is 1. The third kappa shape index (κ3) is 3.66. The molecule has 1 rings (SSSR count). The number of nitrogens with two attached hydrogens (primary N) is 1. The Balaban J connectivity index is 2.63. The summed E-state index contributed by atoms with van der Waals surface area (Å²) in [4.78, 5) is 11.7. The zero-order valence-electron chi connectivity index (χ0n) is 9.58. The molecule has 0 bridgehead atoms. The fraction of sp³-hybridized carbons (Fsp3) is 0.308. The molecule has 0 aliphatic carbocycles. The fourth-order valence-corrected chi connectivity index (χ4v) is 1.32. The predicted molar refractivity (Wildman–Crippen MR) is 65.6 cm³/mol. The van der Waals surface area contributed by atoms with Gasteiger partial charge in [-0.3, -0.25) is 4.79 Å². The van der Waals surface area contributed by atoms with E-state index < -0.39 is 5.54 Å². The molecule has 0 heterocycles. The van der Waals surface area contributed by atoms with E-state index in [2.05, 4.69) is 11.2 Å². The molecule has 0 saturated heterocycles. The Hall–Kier alpha value is -1.95. The SMILES string of the molecule is C#CC(C)(C)NC(=O)Cc1cccc(N)c1. The summed E-state index contributed by atoms with van der Waals surface area (Å²) in [6, 6.07) is 7.25. The number of amides is 1. The van der Waals surface area contributed by atoms with Gasteiger partial charge in [0, 0.05) is 5.69 Å². The normalized spacial score (nSPS) is 10.6. The molecular weight excluding hydrogens is 200 g/mol. The van der Waals surface area contributed by atoms with Crippen molar-refractivity contribution in [1.82, 2.24) is 5.32 Å². The minimum absolute atomic E-state index is 0.103. The van der Waals surface area contributed by atoms with Crippen molar-refractivity contribution in [2.45, 2.75) is 25.8 Å². The van der Waals surface area contributed by atoms with Crippen LogP contribution in [0.5, 0.6) is 0 Å². The van der Waals surface area contributed by atoms with Gasteiger partial charge in [0.2, 0.25) is 5.91 Å². The van der Waals surface area contributed by atoms with E-state index in [0.717, 1.165) is 5.56 Å². The fourth-order valence-electron chi connectivity index (χ4n) is 1.32. The van der Waals surface area contributed by atoms with E-state index in [1.807, 2.05) is 12.1 Å². The molecule has 1 aromatic carbocycles. The van der Waals surface area contributed by atoms with Crippen molar-refractivity contribution < 1.29 is 4.79 Å². The van der Waals surface area contributed by atoms with Gasteiger partial charge >= 0.3 is 0 Å². The summed E-state index contributed by atoms with van der Waals surface area (Å²) in [6.45, 7) is 3.56. The van der Waals surface area contributed by atoms with E-state index in [9.17, 15) is 4.79 Å². The van der Waals surface area contributed by atoms with Crippen molar-refractivity contribution in [3.63, 3.8) is 0 Å². The average Bonchev–Trinajstić information content (AvgIpc) is 2.16. The molecule has 3 heteroatoms. The maximum atomic E-state index is 11.7. The first kappa shape index (κ1) is 12.1. The van der Waals surface area contributed by atoms with Gasteiger partial charge in [0.25, 0.3) is 0 Å². The van der Waals surface area contributed by atoms with Gasteiger partial charge in [0.1, 0.15) is 0 Å². The van der Waals surface area contributed by atoms with Gasteiger partial charge in [0.05, 0.1) is 12.0 Å².